The van der Waals surface area contributed by atoms with Crippen LogP contribution in [-0.2, 0) is 21.2 Å². The van der Waals surface area contributed by atoms with E-state index in [0.29, 0.717) is 36.7 Å². The fraction of sp³-hybridized carbons (Fsp3) is 0.370. The Morgan fingerprint density at radius 3 is 2.67 bits per heavy atom. The Morgan fingerprint density at radius 2 is 1.97 bits per heavy atom. The molecule has 36 heavy (non-hydrogen) atoms. The van der Waals surface area contributed by atoms with Gasteiger partial charge in [0.05, 0.1) is 28.6 Å². The van der Waals surface area contributed by atoms with E-state index in [1.165, 1.54) is 17.7 Å². The predicted molar refractivity (Wildman–Crippen MR) is 139 cm³/mol. The molecule has 2 atom stereocenters. The lowest BCUT2D eigenvalue weighted by Gasteiger charge is -2.50. The highest BCUT2D eigenvalue weighted by Crippen LogP contribution is 2.53. The number of hydrogen-bond acceptors (Lipinski definition) is 4. The van der Waals surface area contributed by atoms with Crippen LogP contribution in [0.15, 0.2) is 69.7 Å². The molecule has 188 valence electrons. The monoisotopic (exact) mass is 571 g/mol. The second-order valence-corrected chi connectivity index (χ2v) is 12.8. The van der Waals surface area contributed by atoms with E-state index in [2.05, 4.69) is 27.1 Å². The molecular weight excluding hydrogens is 545 g/mol. The minimum Gasteiger partial charge on any atom is -0.380 e. The van der Waals surface area contributed by atoms with Crippen LogP contribution in [0.4, 0.5) is 4.39 Å². The molecule has 6 rings (SSSR count). The van der Waals surface area contributed by atoms with Crippen LogP contribution in [0.5, 0.6) is 0 Å². The molecule has 1 saturated carbocycles. The maximum atomic E-state index is 13.7. The molecule has 1 aromatic heterocycles. The number of halogens is 2. The van der Waals surface area contributed by atoms with Crippen LogP contribution in [0.2, 0.25) is 0 Å². The third kappa shape index (κ3) is 3.97. The van der Waals surface area contributed by atoms with E-state index in [0.717, 1.165) is 34.3 Å². The highest BCUT2D eigenvalue weighted by atomic mass is 79.9. The van der Waals surface area contributed by atoms with E-state index < -0.39 is 15.4 Å². The molecule has 0 bridgehead atoms. The van der Waals surface area contributed by atoms with Gasteiger partial charge in [-0.05, 0) is 85.7 Å². The number of fused-ring (bicyclic) bond motifs is 2. The number of nitrogens with zero attached hydrogens (tertiary/aromatic N) is 3. The average Bonchev–Trinajstić information content (AvgIpc) is 3.62. The van der Waals surface area contributed by atoms with Gasteiger partial charge in [-0.15, -0.1) is 0 Å². The van der Waals surface area contributed by atoms with Crippen molar-refractivity contribution in [1.82, 2.24) is 14.1 Å². The minimum atomic E-state index is -3.68. The van der Waals surface area contributed by atoms with E-state index in [9.17, 15) is 12.8 Å². The smallest absolute Gasteiger partial charge is 0.243 e. The molecule has 1 unspecified atom stereocenters. The van der Waals surface area contributed by atoms with Gasteiger partial charge in [-0.25, -0.2) is 17.5 Å². The lowest BCUT2D eigenvalue weighted by atomic mass is 9.64. The summed E-state index contributed by atoms with van der Waals surface area (Å²) in [5.41, 5.74) is 3.56. The Hall–Kier alpha value is -2.33. The Bertz CT molecular complexity index is 1450. The molecule has 9 heteroatoms. The van der Waals surface area contributed by atoms with Crippen molar-refractivity contribution in [3.63, 3.8) is 0 Å². The number of piperidine rings is 1. The molecular formula is C27H27BrFN3O3S. The maximum absolute atomic E-state index is 13.7. The molecule has 3 aromatic rings. The average molecular weight is 573 g/mol. The molecule has 2 fully saturated rings. The zero-order valence-electron chi connectivity index (χ0n) is 19.9. The van der Waals surface area contributed by atoms with Gasteiger partial charge in [0.25, 0.3) is 0 Å². The van der Waals surface area contributed by atoms with Crippen molar-refractivity contribution in [3.8, 4) is 5.69 Å². The number of aromatic nitrogens is 2. The van der Waals surface area contributed by atoms with Crippen molar-refractivity contribution in [2.24, 2.45) is 11.3 Å². The summed E-state index contributed by atoms with van der Waals surface area (Å²) in [5.74, 6) is 0.129. The first-order valence-corrected chi connectivity index (χ1v) is 14.4. The van der Waals surface area contributed by atoms with Gasteiger partial charge in [0.1, 0.15) is 5.82 Å². The molecule has 0 radical (unpaired) electrons. The van der Waals surface area contributed by atoms with Crippen LogP contribution >= 0.6 is 15.9 Å². The van der Waals surface area contributed by atoms with Crippen LogP contribution in [0.1, 0.15) is 30.5 Å². The number of rotatable bonds is 6. The van der Waals surface area contributed by atoms with Gasteiger partial charge in [-0.3, -0.25) is 0 Å². The topological polar surface area (TPSA) is 64.4 Å². The SMILES string of the molecule is CO[C@H](C1CC1)C12Cc3cnn(-c4ccc(F)cc4)c3C=C1CCN(S(=O)(=O)c1cccc(Br)c1)C2. The zero-order valence-corrected chi connectivity index (χ0v) is 22.3. The molecule has 0 amide bonds. The largest absolute Gasteiger partial charge is 0.380 e. The molecule has 0 N–H and O–H groups in total. The number of sulfonamides is 1. The van der Waals surface area contributed by atoms with E-state index in [4.69, 9.17) is 4.74 Å². The molecule has 2 heterocycles. The third-order valence-electron chi connectivity index (χ3n) is 7.79. The number of benzene rings is 2. The zero-order chi connectivity index (χ0) is 25.1. The van der Waals surface area contributed by atoms with Gasteiger partial charge in [-0.1, -0.05) is 27.6 Å². The van der Waals surface area contributed by atoms with Crippen LogP contribution in [0, 0.1) is 17.2 Å². The molecule has 0 spiro atoms. The lowest BCUT2D eigenvalue weighted by molar-refractivity contribution is -0.0260. The van der Waals surface area contributed by atoms with Crippen molar-refractivity contribution in [3.05, 3.63) is 81.8 Å². The third-order valence-corrected chi connectivity index (χ3v) is 10.1. The first-order chi connectivity index (χ1) is 17.3. The van der Waals surface area contributed by atoms with Gasteiger partial charge >= 0.3 is 0 Å². The summed E-state index contributed by atoms with van der Waals surface area (Å²) in [4.78, 5) is 0.292. The van der Waals surface area contributed by atoms with Crippen LogP contribution in [0.25, 0.3) is 11.8 Å². The van der Waals surface area contributed by atoms with Crippen molar-refractivity contribution in [2.75, 3.05) is 20.2 Å². The summed E-state index contributed by atoms with van der Waals surface area (Å²) < 4.78 is 51.3. The van der Waals surface area contributed by atoms with Gasteiger partial charge in [-0.2, -0.15) is 9.40 Å². The van der Waals surface area contributed by atoms with E-state index in [1.54, 1.807) is 41.7 Å². The standard InChI is InChI=1S/C27H27BrFN3O3S/c1-35-26(18-5-6-18)27-15-19-16-30-32(23-9-7-22(29)8-10-23)25(19)13-20(27)11-12-31(17-27)36(33,34)24-4-2-3-21(28)14-24/h2-4,7-10,13-14,16,18,26H,5-6,11-12,15,17H2,1H3/t26-,27?/m1/s1. The van der Waals surface area contributed by atoms with Gasteiger partial charge in [0.2, 0.25) is 10.0 Å². The second kappa shape index (κ2) is 8.90. The van der Waals surface area contributed by atoms with Gasteiger partial charge < -0.3 is 4.74 Å². The Morgan fingerprint density at radius 1 is 1.19 bits per heavy atom. The fourth-order valence-corrected chi connectivity index (χ4v) is 8.08. The van der Waals surface area contributed by atoms with E-state index in [1.807, 2.05) is 16.9 Å². The lowest BCUT2D eigenvalue weighted by Crippen LogP contribution is -2.55. The molecule has 3 aliphatic rings. The number of hydrogen-bond donors (Lipinski definition) is 0. The Kier molecular flexibility index (Phi) is 5.94. The second-order valence-electron chi connectivity index (χ2n) is 9.99. The highest BCUT2D eigenvalue weighted by molar-refractivity contribution is 9.10. The Balaban J connectivity index is 1.42. The van der Waals surface area contributed by atoms with Crippen molar-refractivity contribution < 1.29 is 17.5 Å². The van der Waals surface area contributed by atoms with Crippen molar-refractivity contribution in [1.29, 1.82) is 0 Å². The Labute approximate surface area is 218 Å². The molecule has 1 aliphatic heterocycles. The number of ether oxygens (including phenoxy) is 1. The highest BCUT2D eigenvalue weighted by Gasteiger charge is 2.54. The molecule has 2 aromatic carbocycles. The molecule has 6 nitrogen and oxygen atoms in total. The molecule has 1 saturated heterocycles. The summed E-state index contributed by atoms with van der Waals surface area (Å²) in [6, 6.07) is 13.2. The van der Waals surface area contributed by atoms with E-state index >= 15 is 0 Å². The van der Waals surface area contributed by atoms with Gasteiger partial charge in [0, 0.05) is 30.1 Å². The first-order valence-electron chi connectivity index (χ1n) is 12.1. The van der Waals surface area contributed by atoms with E-state index in [-0.39, 0.29) is 11.9 Å². The van der Waals surface area contributed by atoms with Crippen LogP contribution < -0.4 is 0 Å². The van der Waals surface area contributed by atoms with Crippen molar-refractivity contribution >= 4 is 32.0 Å². The summed E-state index contributed by atoms with van der Waals surface area (Å²) >= 11 is 3.41. The predicted octanol–water partition coefficient (Wildman–Crippen LogP) is 5.22. The quantitative estimate of drug-likeness (QED) is 0.407. The summed E-state index contributed by atoms with van der Waals surface area (Å²) in [5, 5.41) is 4.63. The molecule has 2 aliphatic carbocycles. The first kappa shape index (κ1) is 24.0. The van der Waals surface area contributed by atoms with Crippen LogP contribution in [-0.4, -0.2) is 48.8 Å². The maximum Gasteiger partial charge on any atom is 0.243 e. The van der Waals surface area contributed by atoms with Crippen LogP contribution in [0.3, 0.4) is 0 Å². The van der Waals surface area contributed by atoms with Gasteiger partial charge in [0.15, 0.2) is 0 Å². The van der Waals surface area contributed by atoms with Crippen molar-refractivity contribution in [2.45, 2.75) is 36.7 Å². The fourth-order valence-electron chi connectivity index (χ4n) is 5.97. The summed E-state index contributed by atoms with van der Waals surface area (Å²) in [6.07, 6.45) is 7.40. The normalized spacial score (nSPS) is 23.0. The summed E-state index contributed by atoms with van der Waals surface area (Å²) in [6.45, 7) is 0.771. The number of methoxy groups -OCH3 is 1. The summed E-state index contributed by atoms with van der Waals surface area (Å²) in [7, 11) is -1.93. The minimum absolute atomic E-state index is 0.0772.